The number of rotatable bonds is 2. The van der Waals surface area contributed by atoms with Crippen molar-refractivity contribution in [3.05, 3.63) is 0 Å². The van der Waals surface area contributed by atoms with E-state index in [-0.39, 0.29) is 11.8 Å². The number of aliphatic hydroxyl groups is 2. The maximum Gasteiger partial charge on any atom is 0.398 e. The summed E-state index contributed by atoms with van der Waals surface area (Å²) in [6, 6.07) is 0. The molecule has 0 radical (unpaired) electrons. The van der Waals surface area contributed by atoms with E-state index in [1.54, 1.807) is 0 Å². The molecular formula is C11H18O6. The monoisotopic (exact) mass is 246 g/mol. The Morgan fingerprint density at radius 3 is 2.41 bits per heavy atom. The van der Waals surface area contributed by atoms with Gasteiger partial charge in [0.15, 0.2) is 0 Å². The Bertz CT molecular complexity index is 318. The summed E-state index contributed by atoms with van der Waals surface area (Å²) in [5.41, 5.74) is -0.161. The van der Waals surface area contributed by atoms with Crippen molar-refractivity contribution in [1.82, 2.24) is 0 Å². The van der Waals surface area contributed by atoms with Crippen LogP contribution in [0.15, 0.2) is 0 Å². The predicted molar refractivity (Wildman–Crippen MR) is 56.4 cm³/mol. The summed E-state index contributed by atoms with van der Waals surface area (Å²) in [6.07, 6.45) is 0.279. The molecule has 1 saturated heterocycles. The quantitative estimate of drug-likeness (QED) is 0.674. The van der Waals surface area contributed by atoms with Gasteiger partial charge >= 0.3 is 17.9 Å². The first-order valence-corrected chi connectivity index (χ1v) is 5.43. The molecule has 2 atom stereocenters. The lowest BCUT2D eigenvalue weighted by molar-refractivity contribution is -0.333. The van der Waals surface area contributed by atoms with Gasteiger partial charge in [0.2, 0.25) is 0 Å². The molecule has 0 aromatic rings. The van der Waals surface area contributed by atoms with Crippen LogP contribution >= 0.6 is 0 Å². The summed E-state index contributed by atoms with van der Waals surface area (Å²) in [7, 11) is 0. The highest BCUT2D eigenvalue weighted by Gasteiger charge is 2.43. The van der Waals surface area contributed by atoms with Crippen LogP contribution in [0.5, 0.6) is 0 Å². The molecule has 0 aromatic carbocycles. The van der Waals surface area contributed by atoms with Gasteiger partial charge < -0.3 is 19.7 Å². The van der Waals surface area contributed by atoms with E-state index in [0.29, 0.717) is 6.42 Å². The highest BCUT2D eigenvalue weighted by atomic mass is 16.8. The van der Waals surface area contributed by atoms with Crippen LogP contribution in [0.2, 0.25) is 0 Å². The molecule has 0 amide bonds. The third-order valence-corrected chi connectivity index (χ3v) is 2.34. The van der Waals surface area contributed by atoms with Gasteiger partial charge in [-0.25, -0.2) is 0 Å². The highest BCUT2D eigenvalue weighted by molar-refractivity contribution is 5.81. The zero-order chi connectivity index (χ0) is 13.3. The average molecular weight is 246 g/mol. The molecule has 6 heteroatoms. The minimum Gasteiger partial charge on any atom is -0.396 e. The van der Waals surface area contributed by atoms with Crippen molar-refractivity contribution in [2.45, 2.75) is 39.6 Å². The molecule has 2 unspecified atom stereocenters. The van der Waals surface area contributed by atoms with Gasteiger partial charge in [-0.05, 0) is 11.8 Å². The normalized spacial score (nSPS) is 30.5. The highest BCUT2D eigenvalue weighted by Crippen LogP contribution is 2.31. The molecule has 1 rings (SSSR count). The molecule has 1 aliphatic heterocycles. The fraction of sp³-hybridized carbons (Fsp3) is 0.818. The van der Waals surface area contributed by atoms with Crippen molar-refractivity contribution in [3.8, 4) is 0 Å². The van der Waals surface area contributed by atoms with Gasteiger partial charge in [0.25, 0.3) is 0 Å². The smallest absolute Gasteiger partial charge is 0.396 e. The molecule has 0 aliphatic carbocycles. The first-order chi connectivity index (χ1) is 7.65. The molecular weight excluding hydrogens is 228 g/mol. The van der Waals surface area contributed by atoms with Gasteiger partial charge in [-0.2, -0.15) is 0 Å². The van der Waals surface area contributed by atoms with Crippen molar-refractivity contribution in [1.29, 1.82) is 0 Å². The molecule has 0 saturated carbocycles. The second-order valence-electron chi connectivity index (χ2n) is 5.43. The van der Waals surface area contributed by atoms with E-state index in [0.717, 1.165) is 0 Å². The zero-order valence-corrected chi connectivity index (χ0v) is 10.2. The summed E-state index contributed by atoms with van der Waals surface area (Å²) in [5.74, 6) is -4.70. The molecule has 0 bridgehead atoms. The SMILES string of the molecule is CC(C)(C)CC1CC(=O)OC(O)(CO)OC1=O. The van der Waals surface area contributed by atoms with Crippen molar-refractivity contribution in [3.63, 3.8) is 0 Å². The van der Waals surface area contributed by atoms with Gasteiger partial charge in [0.05, 0.1) is 12.3 Å². The minimum atomic E-state index is -2.54. The van der Waals surface area contributed by atoms with Crippen molar-refractivity contribution in [2.24, 2.45) is 11.3 Å². The first-order valence-electron chi connectivity index (χ1n) is 5.43. The maximum absolute atomic E-state index is 11.7. The third kappa shape index (κ3) is 3.98. The minimum absolute atomic E-state index is 0.154. The number of carbonyl (C=O) groups excluding carboxylic acids is 2. The van der Waals surface area contributed by atoms with Crippen LogP contribution in [-0.2, 0) is 19.1 Å². The van der Waals surface area contributed by atoms with E-state index < -0.39 is 30.4 Å². The van der Waals surface area contributed by atoms with Gasteiger partial charge in [0, 0.05) is 0 Å². The van der Waals surface area contributed by atoms with E-state index in [9.17, 15) is 14.7 Å². The number of aliphatic hydroxyl groups excluding tert-OH is 1. The topological polar surface area (TPSA) is 93.1 Å². The number of cyclic esters (lactones) is 2. The zero-order valence-electron chi connectivity index (χ0n) is 10.2. The Labute approximate surface area is 99.5 Å². The molecule has 0 spiro atoms. The largest absolute Gasteiger partial charge is 0.398 e. The number of carbonyl (C=O) groups is 2. The van der Waals surface area contributed by atoms with Crippen LogP contribution in [0.1, 0.15) is 33.6 Å². The molecule has 17 heavy (non-hydrogen) atoms. The molecule has 1 aliphatic rings. The van der Waals surface area contributed by atoms with Gasteiger partial charge in [0.1, 0.15) is 6.61 Å². The second kappa shape index (κ2) is 4.62. The number of ether oxygens (including phenoxy) is 2. The standard InChI is InChI=1S/C11H18O6/c1-10(2,3)5-7-4-8(13)16-11(15,6-12)17-9(7)14/h7,12,15H,4-6H2,1-3H3. The van der Waals surface area contributed by atoms with E-state index in [1.807, 2.05) is 20.8 Å². The van der Waals surface area contributed by atoms with E-state index in [2.05, 4.69) is 9.47 Å². The van der Waals surface area contributed by atoms with Crippen LogP contribution in [0.4, 0.5) is 0 Å². The summed E-state index contributed by atoms with van der Waals surface area (Å²) in [6.45, 7) is 4.80. The van der Waals surface area contributed by atoms with Crippen LogP contribution in [0.25, 0.3) is 0 Å². The van der Waals surface area contributed by atoms with Crippen molar-refractivity contribution in [2.75, 3.05) is 6.61 Å². The summed E-state index contributed by atoms with van der Waals surface area (Å²) < 4.78 is 9.09. The van der Waals surface area contributed by atoms with Crippen molar-refractivity contribution < 1.29 is 29.3 Å². The van der Waals surface area contributed by atoms with Crippen LogP contribution in [0, 0.1) is 11.3 Å². The lowest BCUT2D eigenvalue weighted by atomic mass is 9.83. The van der Waals surface area contributed by atoms with E-state index >= 15 is 0 Å². The predicted octanol–water partition coefficient (Wildman–Crippen LogP) is 0.167. The van der Waals surface area contributed by atoms with E-state index in [4.69, 9.17) is 5.11 Å². The second-order valence-corrected chi connectivity index (χ2v) is 5.43. The Morgan fingerprint density at radius 2 is 1.94 bits per heavy atom. The lowest BCUT2D eigenvalue weighted by Crippen LogP contribution is -2.41. The Balaban J connectivity index is 2.83. The Hall–Kier alpha value is -1.14. The van der Waals surface area contributed by atoms with Crippen molar-refractivity contribution >= 4 is 11.9 Å². The van der Waals surface area contributed by atoms with Crippen LogP contribution < -0.4 is 0 Å². The molecule has 0 aromatic heterocycles. The summed E-state index contributed by atoms with van der Waals surface area (Å²) >= 11 is 0. The molecule has 1 fully saturated rings. The summed E-state index contributed by atoms with van der Waals surface area (Å²) in [5, 5.41) is 18.3. The van der Waals surface area contributed by atoms with Gasteiger partial charge in [-0.1, -0.05) is 20.8 Å². The molecule has 1 heterocycles. The fourth-order valence-corrected chi connectivity index (χ4v) is 1.72. The van der Waals surface area contributed by atoms with Gasteiger partial charge in [-0.3, -0.25) is 9.59 Å². The first kappa shape index (κ1) is 13.9. The third-order valence-electron chi connectivity index (χ3n) is 2.34. The molecule has 6 nitrogen and oxygen atoms in total. The lowest BCUT2D eigenvalue weighted by Gasteiger charge is -2.24. The fourth-order valence-electron chi connectivity index (χ4n) is 1.72. The Morgan fingerprint density at radius 1 is 1.35 bits per heavy atom. The number of esters is 2. The maximum atomic E-state index is 11.7. The molecule has 98 valence electrons. The summed E-state index contributed by atoms with van der Waals surface area (Å²) in [4.78, 5) is 23.1. The van der Waals surface area contributed by atoms with Crippen LogP contribution in [0.3, 0.4) is 0 Å². The molecule has 2 N–H and O–H groups in total. The number of hydrogen-bond acceptors (Lipinski definition) is 6. The average Bonchev–Trinajstić information content (AvgIpc) is 2.22. The number of hydrogen-bond donors (Lipinski definition) is 2. The van der Waals surface area contributed by atoms with E-state index in [1.165, 1.54) is 0 Å². The van der Waals surface area contributed by atoms with Crippen LogP contribution in [-0.4, -0.2) is 34.7 Å². The Kier molecular flexibility index (Phi) is 3.78. The van der Waals surface area contributed by atoms with Gasteiger partial charge in [-0.15, -0.1) is 0 Å².